The van der Waals surface area contributed by atoms with Gasteiger partial charge in [0.15, 0.2) is 0 Å². The van der Waals surface area contributed by atoms with Crippen LogP contribution in [-0.4, -0.2) is 23.2 Å². The second-order valence-corrected chi connectivity index (χ2v) is 2.32. The molecule has 1 heterocycles. The number of pyridine rings is 1. The molecule has 0 aliphatic heterocycles. The van der Waals surface area contributed by atoms with Crippen LogP contribution in [0, 0.1) is 6.92 Å². The van der Waals surface area contributed by atoms with Crippen LogP contribution in [0.15, 0.2) is 12.3 Å². The maximum Gasteiger partial charge on any atom is 0.341 e. The molecule has 92 valence electrons. The Morgan fingerprint density at radius 2 is 1.81 bits per heavy atom. The zero-order valence-electron chi connectivity index (χ0n) is 10.9. The van der Waals surface area contributed by atoms with Gasteiger partial charge in [-0.1, -0.05) is 27.7 Å². The highest BCUT2D eigenvalue weighted by molar-refractivity contribution is 5.91. The van der Waals surface area contributed by atoms with Gasteiger partial charge in [-0.2, -0.15) is 0 Å². The maximum absolute atomic E-state index is 10.7. The van der Waals surface area contributed by atoms with Gasteiger partial charge in [-0.3, -0.25) is 0 Å². The third-order valence-electron chi connectivity index (χ3n) is 1.53. The molecule has 0 fully saturated rings. The molecular weight excluding hydrogens is 206 g/mol. The fourth-order valence-corrected chi connectivity index (χ4v) is 0.948. The number of hydrogen-bond acceptors (Lipinski definition) is 3. The molecule has 0 radical (unpaired) electrons. The number of nitrogens with zero attached hydrogens (tertiary/aromatic N) is 1. The number of carboxylic acid groups (broad SMARTS) is 1. The number of carbonyl (C=O) groups is 1. The molecule has 4 nitrogen and oxygen atoms in total. The minimum absolute atomic E-state index is 0.125. The van der Waals surface area contributed by atoms with E-state index in [1.54, 1.807) is 13.0 Å². The normalized spacial score (nSPS) is 7.88. The third kappa shape index (κ3) is 4.77. The molecule has 0 spiro atoms. The van der Waals surface area contributed by atoms with Gasteiger partial charge in [0.05, 0.1) is 7.11 Å². The van der Waals surface area contributed by atoms with E-state index >= 15 is 0 Å². The SMILES string of the molecule is CC.CC.COc1nccc(C)c1C(=O)O. The van der Waals surface area contributed by atoms with Gasteiger partial charge in [0.1, 0.15) is 5.56 Å². The summed E-state index contributed by atoms with van der Waals surface area (Å²) >= 11 is 0. The Kier molecular flexibility index (Phi) is 10.5. The van der Waals surface area contributed by atoms with E-state index in [0.717, 1.165) is 0 Å². The minimum atomic E-state index is -1.02. The first-order valence-corrected chi connectivity index (χ1v) is 5.39. The molecule has 0 unspecified atom stereocenters. The number of methoxy groups -OCH3 is 1. The minimum Gasteiger partial charge on any atom is -0.480 e. The second kappa shape index (κ2) is 9.96. The van der Waals surface area contributed by atoms with E-state index in [1.165, 1.54) is 13.3 Å². The number of aromatic nitrogens is 1. The van der Waals surface area contributed by atoms with Crippen LogP contribution in [0.1, 0.15) is 43.6 Å². The Labute approximate surface area is 97.3 Å². The zero-order chi connectivity index (χ0) is 13.1. The topological polar surface area (TPSA) is 59.4 Å². The smallest absolute Gasteiger partial charge is 0.341 e. The van der Waals surface area contributed by atoms with Crippen LogP contribution in [-0.2, 0) is 0 Å². The van der Waals surface area contributed by atoms with Crippen LogP contribution in [0.3, 0.4) is 0 Å². The highest BCUT2D eigenvalue weighted by Crippen LogP contribution is 2.17. The summed E-state index contributed by atoms with van der Waals surface area (Å²) in [5.74, 6) is -0.861. The maximum atomic E-state index is 10.7. The predicted molar refractivity (Wildman–Crippen MR) is 65.2 cm³/mol. The molecule has 16 heavy (non-hydrogen) atoms. The summed E-state index contributed by atoms with van der Waals surface area (Å²) in [5, 5.41) is 8.76. The van der Waals surface area contributed by atoms with Crippen molar-refractivity contribution in [3.63, 3.8) is 0 Å². The van der Waals surface area contributed by atoms with Gasteiger partial charge < -0.3 is 9.84 Å². The molecule has 0 amide bonds. The molecular formula is C12H21NO3. The van der Waals surface area contributed by atoms with Crippen molar-refractivity contribution in [3.05, 3.63) is 23.4 Å². The van der Waals surface area contributed by atoms with Crippen LogP contribution in [0.25, 0.3) is 0 Å². The summed E-state index contributed by atoms with van der Waals surface area (Å²) in [5.41, 5.74) is 0.773. The van der Waals surface area contributed by atoms with E-state index in [0.29, 0.717) is 5.56 Å². The molecule has 1 rings (SSSR count). The number of hydrogen-bond donors (Lipinski definition) is 1. The summed E-state index contributed by atoms with van der Waals surface area (Å²) < 4.78 is 4.80. The Balaban J connectivity index is 0. The molecule has 1 N–H and O–H groups in total. The summed E-state index contributed by atoms with van der Waals surface area (Å²) in [6, 6.07) is 1.63. The Morgan fingerprint density at radius 3 is 2.12 bits per heavy atom. The zero-order valence-corrected chi connectivity index (χ0v) is 10.9. The van der Waals surface area contributed by atoms with Crippen molar-refractivity contribution < 1.29 is 14.6 Å². The second-order valence-electron chi connectivity index (χ2n) is 2.32. The Morgan fingerprint density at radius 1 is 1.31 bits per heavy atom. The van der Waals surface area contributed by atoms with E-state index in [2.05, 4.69) is 4.98 Å². The summed E-state index contributed by atoms with van der Waals surface area (Å²) in [6.07, 6.45) is 1.51. The van der Waals surface area contributed by atoms with Crippen molar-refractivity contribution in [2.45, 2.75) is 34.6 Å². The van der Waals surface area contributed by atoms with Crippen molar-refractivity contribution in [3.8, 4) is 5.88 Å². The van der Waals surface area contributed by atoms with Crippen molar-refractivity contribution >= 4 is 5.97 Å². The summed E-state index contributed by atoms with van der Waals surface area (Å²) in [4.78, 5) is 14.5. The van der Waals surface area contributed by atoms with Gasteiger partial charge in [-0.15, -0.1) is 0 Å². The van der Waals surface area contributed by atoms with E-state index in [1.807, 2.05) is 27.7 Å². The first-order valence-electron chi connectivity index (χ1n) is 5.39. The fraction of sp³-hybridized carbons (Fsp3) is 0.500. The van der Waals surface area contributed by atoms with Gasteiger partial charge >= 0.3 is 5.97 Å². The predicted octanol–water partition coefficient (Wildman–Crippen LogP) is 3.15. The van der Waals surface area contributed by atoms with Gasteiger partial charge in [0.2, 0.25) is 5.88 Å². The first kappa shape index (κ1) is 16.8. The molecule has 0 bridgehead atoms. The molecule has 0 aromatic carbocycles. The molecule has 0 atom stereocenters. The number of aryl methyl sites for hydroxylation is 1. The van der Waals surface area contributed by atoms with Gasteiger partial charge in [-0.25, -0.2) is 9.78 Å². The van der Waals surface area contributed by atoms with Crippen LogP contribution >= 0.6 is 0 Å². The average Bonchev–Trinajstić information content (AvgIpc) is 2.33. The monoisotopic (exact) mass is 227 g/mol. The third-order valence-corrected chi connectivity index (χ3v) is 1.53. The molecule has 0 saturated heterocycles. The van der Waals surface area contributed by atoms with Gasteiger partial charge in [0.25, 0.3) is 0 Å². The van der Waals surface area contributed by atoms with E-state index < -0.39 is 5.97 Å². The van der Waals surface area contributed by atoms with Crippen LogP contribution in [0.5, 0.6) is 5.88 Å². The Bertz CT molecular complexity index is 311. The number of carboxylic acids is 1. The van der Waals surface area contributed by atoms with Crippen LogP contribution in [0.2, 0.25) is 0 Å². The quantitative estimate of drug-likeness (QED) is 0.843. The molecule has 0 saturated carbocycles. The summed E-state index contributed by atoms with van der Waals surface area (Å²) in [7, 11) is 1.40. The number of ether oxygens (including phenoxy) is 1. The lowest BCUT2D eigenvalue weighted by Gasteiger charge is -2.04. The van der Waals surface area contributed by atoms with E-state index in [4.69, 9.17) is 9.84 Å². The van der Waals surface area contributed by atoms with E-state index in [9.17, 15) is 4.79 Å². The largest absolute Gasteiger partial charge is 0.480 e. The summed E-state index contributed by atoms with van der Waals surface area (Å²) in [6.45, 7) is 9.70. The molecule has 4 heteroatoms. The molecule has 1 aromatic rings. The Hall–Kier alpha value is -1.58. The lowest BCUT2D eigenvalue weighted by atomic mass is 10.1. The molecule has 1 aromatic heterocycles. The van der Waals surface area contributed by atoms with Crippen LogP contribution in [0.4, 0.5) is 0 Å². The average molecular weight is 227 g/mol. The lowest BCUT2D eigenvalue weighted by molar-refractivity contribution is 0.0691. The fourth-order valence-electron chi connectivity index (χ4n) is 0.948. The standard InChI is InChI=1S/C8H9NO3.2C2H6/c1-5-3-4-9-7(12-2)6(5)8(10)11;2*1-2/h3-4H,1-2H3,(H,10,11);2*1-2H3. The molecule has 0 aliphatic carbocycles. The van der Waals surface area contributed by atoms with E-state index in [-0.39, 0.29) is 11.4 Å². The first-order chi connectivity index (χ1) is 7.66. The highest BCUT2D eigenvalue weighted by Gasteiger charge is 2.14. The van der Waals surface area contributed by atoms with Gasteiger partial charge in [-0.05, 0) is 18.6 Å². The lowest BCUT2D eigenvalue weighted by Crippen LogP contribution is -2.04. The van der Waals surface area contributed by atoms with Crippen molar-refractivity contribution in [2.24, 2.45) is 0 Å². The van der Waals surface area contributed by atoms with Gasteiger partial charge in [0, 0.05) is 6.20 Å². The number of aromatic carboxylic acids is 1. The van der Waals surface area contributed by atoms with Crippen LogP contribution < -0.4 is 4.74 Å². The number of rotatable bonds is 2. The highest BCUT2D eigenvalue weighted by atomic mass is 16.5. The van der Waals surface area contributed by atoms with Crippen molar-refractivity contribution in [2.75, 3.05) is 7.11 Å². The van der Waals surface area contributed by atoms with Crippen molar-refractivity contribution in [1.82, 2.24) is 4.98 Å². The van der Waals surface area contributed by atoms with Crippen molar-refractivity contribution in [1.29, 1.82) is 0 Å². The molecule has 0 aliphatic rings.